The number of piperidine rings is 1. The van der Waals surface area contributed by atoms with Crippen LogP contribution < -0.4 is 4.74 Å². The van der Waals surface area contributed by atoms with Crippen LogP contribution in [0.25, 0.3) is 16.7 Å². The predicted molar refractivity (Wildman–Crippen MR) is 109 cm³/mol. The molecule has 0 bridgehead atoms. The lowest BCUT2D eigenvalue weighted by Crippen LogP contribution is -2.31. The van der Waals surface area contributed by atoms with Crippen molar-refractivity contribution in [3.05, 3.63) is 53.1 Å². The molecule has 2 heterocycles. The zero-order valence-corrected chi connectivity index (χ0v) is 16.1. The van der Waals surface area contributed by atoms with E-state index in [1.807, 2.05) is 28.8 Å². The minimum absolute atomic E-state index is 0.279. The molecule has 0 atom stereocenters. The maximum atomic E-state index is 13.4. The molecule has 1 aliphatic rings. The van der Waals surface area contributed by atoms with Crippen LogP contribution in [0, 0.1) is 10.6 Å². The van der Waals surface area contributed by atoms with E-state index in [2.05, 4.69) is 9.88 Å². The zero-order valence-electron chi connectivity index (χ0n) is 15.3. The van der Waals surface area contributed by atoms with E-state index in [4.69, 9.17) is 17.0 Å². The van der Waals surface area contributed by atoms with Crippen molar-refractivity contribution in [2.24, 2.45) is 0 Å². The topological polar surface area (TPSA) is 33.2 Å². The van der Waals surface area contributed by atoms with E-state index >= 15 is 0 Å². The molecule has 1 N–H and O–H groups in total. The molecule has 0 radical (unpaired) electrons. The van der Waals surface area contributed by atoms with E-state index in [-0.39, 0.29) is 5.82 Å². The van der Waals surface area contributed by atoms with E-state index in [9.17, 15) is 4.39 Å². The van der Waals surface area contributed by atoms with Gasteiger partial charge in [0.1, 0.15) is 11.6 Å². The van der Waals surface area contributed by atoms with Crippen molar-refractivity contribution in [1.82, 2.24) is 14.5 Å². The number of halogens is 1. The van der Waals surface area contributed by atoms with Gasteiger partial charge in [-0.2, -0.15) is 0 Å². The van der Waals surface area contributed by atoms with Crippen LogP contribution in [-0.4, -0.2) is 40.7 Å². The summed E-state index contributed by atoms with van der Waals surface area (Å²) in [5, 5.41) is 0. The fraction of sp³-hybridized carbons (Fsp3) is 0.381. The van der Waals surface area contributed by atoms with Gasteiger partial charge in [0.05, 0.1) is 17.6 Å². The van der Waals surface area contributed by atoms with Crippen molar-refractivity contribution < 1.29 is 9.13 Å². The van der Waals surface area contributed by atoms with Crippen molar-refractivity contribution in [2.75, 3.05) is 26.2 Å². The summed E-state index contributed by atoms with van der Waals surface area (Å²) in [6.45, 7) is 4.29. The SMILES string of the molecule is Fc1ccc2c(c1)[nH]c(=S)n2-c1ccc(OCCCN2CCCCC2)cc1. The monoisotopic (exact) mass is 385 g/mol. The Morgan fingerprint density at radius 2 is 1.81 bits per heavy atom. The van der Waals surface area contributed by atoms with E-state index in [1.165, 1.54) is 44.5 Å². The van der Waals surface area contributed by atoms with E-state index in [1.54, 1.807) is 6.07 Å². The van der Waals surface area contributed by atoms with Crippen LogP contribution in [0.15, 0.2) is 42.5 Å². The van der Waals surface area contributed by atoms with Gasteiger partial charge in [-0.3, -0.25) is 4.57 Å². The zero-order chi connectivity index (χ0) is 18.6. The maximum Gasteiger partial charge on any atom is 0.182 e. The molecule has 4 rings (SSSR count). The highest BCUT2D eigenvalue weighted by Crippen LogP contribution is 2.22. The second-order valence-corrected chi connectivity index (χ2v) is 7.41. The number of hydrogen-bond donors (Lipinski definition) is 1. The van der Waals surface area contributed by atoms with E-state index in [0.29, 0.717) is 10.3 Å². The summed E-state index contributed by atoms with van der Waals surface area (Å²) in [4.78, 5) is 5.58. The normalized spacial score (nSPS) is 15.3. The van der Waals surface area contributed by atoms with Gasteiger partial charge in [-0.15, -0.1) is 0 Å². The Bertz CT molecular complexity index is 958. The van der Waals surface area contributed by atoms with Gasteiger partial charge in [0, 0.05) is 12.2 Å². The number of fused-ring (bicyclic) bond motifs is 1. The Labute approximate surface area is 163 Å². The highest BCUT2D eigenvalue weighted by molar-refractivity contribution is 7.71. The van der Waals surface area contributed by atoms with Gasteiger partial charge >= 0.3 is 0 Å². The fourth-order valence-corrected chi connectivity index (χ4v) is 4.01. The minimum atomic E-state index is -0.279. The molecule has 2 aromatic carbocycles. The number of nitrogens with one attached hydrogen (secondary N) is 1. The van der Waals surface area contributed by atoms with Gasteiger partial charge in [0.2, 0.25) is 0 Å². The molecule has 4 nitrogen and oxygen atoms in total. The Hall–Kier alpha value is -2.18. The second-order valence-electron chi connectivity index (χ2n) is 7.03. The molecular weight excluding hydrogens is 361 g/mol. The van der Waals surface area contributed by atoms with Crippen LogP contribution in [0.2, 0.25) is 0 Å². The van der Waals surface area contributed by atoms with Crippen molar-refractivity contribution in [1.29, 1.82) is 0 Å². The van der Waals surface area contributed by atoms with Gasteiger partial charge in [-0.1, -0.05) is 6.42 Å². The number of H-pyrrole nitrogens is 1. The third kappa shape index (κ3) is 4.22. The van der Waals surface area contributed by atoms with Gasteiger partial charge < -0.3 is 14.6 Å². The van der Waals surface area contributed by atoms with Gasteiger partial charge in [-0.25, -0.2) is 4.39 Å². The van der Waals surface area contributed by atoms with Gasteiger partial charge in [0.15, 0.2) is 4.77 Å². The van der Waals surface area contributed by atoms with Crippen molar-refractivity contribution in [3.8, 4) is 11.4 Å². The van der Waals surface area contributed by atoms with Crippen LogP contribution in [0.5, 0.6) is 5.75 Å². The third-order valence-electron chi connectivity index (χ3n) is 5.08. The standard InChI is InChI=1S/C21H24FN3OS/c22-16-5-10-20-19(15-16)23-21(27)25(20)17-6-8-18(9-7-17)26-14-4-13-24-11-2-1-3-12-24/h5-10,15H,1-4,11-14H2,(H,23,27). The Balaban J connectivity index is 1.39. The molecule has 6 heteroatoms. The molecule has 1 aromatic heterocycles. The quantitative estimate of drug-likeness (QED) is 0.474. The number of ether oxygens (including phenoxy) is 1. The predicted octanol–water partition coefficient (Wildman–Crippen LogP) is 5.08. The largest absolute Gasteiger partial charge is 0.494 e. The number of imidazole rings is 1. The Morgan fingerprint density at radius 3 is 2.59 bits per heavy atom. The third-order valence-corrected chi connectivity index (χ3v) is 5.36. The summed E-state index contributed by atoms with van der Waals surface area (Å²) in [5.41, 5.74) is 2.48. The summed E-state index contributed by atoms with van der Waals surface area (Å²) in [5.74, 6) is 0.578. The average Bonchev–Trinajstić information content (AvgIpc) is 3.01. The molecule has 0 spiro atoms. The molecule has 3 aromatic rings. The van der Waals surface area contributed by atoms with Crippen molar-refractivity contribution >= 4 is 23.3 Å². The number of likely N-dealkylation sites (tertiary alicyclic amines) is 1. The first kappa shape index (κ1) is 18.2. The van der Waals surface area contributed by atoms with E-state index < -0.39 is 0 Å². The van der Waals surface area contributed by atoms with Crippen LogP contribution in [0.3, 0.4) is 0 Å². The molecule has 0 amide bonds. The molecule has 0 aliphatic carbocycles. The highest BCUT2D eigenvalue weighted by atomic mass is 32.1. The number of hydrogen-bond acceptors (Lipinski definition) is 3. The van der Waals surface area contributed by atoms with Crippen LogP contribution in [0.1, 0.15) is 25.7 Å². The molecule has 0 unspecified atom stereocenters. The number of rotatable bonds is 6. The Morgan fingerprint density at radius 1 is 1.04 bits per heavy atom. The molecule has 1 fully saturated rings. The van der Waals surface area contributed by atoms with Crippen molar-refractivity contribution in [3.63, 3.8) is 0 Å². The first-order valence-corrected chi connectivity index (χ1v) is 9.97. The minimum Gasteiger partial charge on any atom is -0.494 e. The number of benzene rings is 2. The highest BCUT2D eigenvalue weighted by Gasteiger charge is 2.10. The lowest BCUT2D eigenvalue weighted by molar-refractivity contribution is 0.205. The van der Waals surface area contributed by atoms with E-state index in [0.717, 1.165) is 36.5 Å². The average molecular weight is 386 g/mol. The molecule has 0 saturated carbocycles. The first-order chi connectivity index (χ1) is 13.2. The fourth-order valence-electron chi connectivity index (χ4n) is 3.69. The number of aromatic nitrogens is 2. The molecular formula is C21H24FN3OS. The second kappa shape index (κ2) is 8.23. The molecule has 1 saturated heterocycles. The van der Waals surface area contributed by atoms with Crippen molar-refractivity contribution in [2.45, 2.75) is 25.7 Å². The summed E-state index contributed by atoms with van der Waals surface area (Å²) in [6.07, 6.45) is 5.06. The van der Waals surface area contributed by atoms with Gasteiger partial charge in [0.25, 0.3) is 0 Å². The lowest BCUT2D eigenvalue weighted by atomic mass is 10.1. The first-order valence-electron chi connectivity index (χ1n) is 9.56. The van der Waals surface area contributed by atoms with Crippen LogP contribution in [0.4, 0.5) is 4.39 Å². The Kier molecular flexibility index (Phi) is 5.55. The summed E-state index contributed by atoms with van der Waals surface area (Å²) < 4.78 is 21.8. The summed E-state index contributed by atoms with van der Waals surface area (Å²) in [7, 11) is 0. The van der Waals surface area contributed by atoms with Crippen LogP contribution >= 0.6 is 12.2 Å². The molecule has 1 aliphatic heterocycles. The van der Waals surface area contributed by atoms with Gasteiger partial charge in [-0.05, 0) is 87.0 Å². The smallest absolute Gasteiger partial charge is 0.182 e. The summed E-state index contributed by atoms with van der Waals surface area (Å²) in [6, 6.07) is 12.5. The number of aromatic amines is 1. The molecule has 142 valence electrons. The molecule has 27 heavy (non-hydrogen) atoms. The van der Waals surface area contributed by atoms with Crippen LogP contribution in [-0.2, 0) is 0 Å². The lowest BCUT2D eigenvalue weighted by Gasteiger charge is -2.26. The summed E-state index contributed by atoms with van der Waals surface area (Å²) >= 11 is 5.41. The number of nitrogens with zero attached hydrogens (tertiary/aromatic N) is 2. The maximum absolute atomic E-state index is 13.4.